The molecule has 1 amide bonds. The van der Waals surface area contributed by atoms with E-state index in [9.17, 15) is 4.79 Å². The standard InChI is InChI=1S/C12H18N4O2S/c1-7(2)10-13-14-12-16(10)8(3)9(19-12)11(18)15(4)5-6-17/h7,17H,5-6H2,1-4H3. The molecule has 19 heavy (non-hydrogen) atoms. The second kappa shape index (κ2) is 5.26. The topological polar surface area (TPSA) is 70.7 Å². The molecule has 0 aromatic carbocycles. The van der Waals surface area contributed by atoms with Gasteiger partial charge in [-0.15, -0.1) is 10.2 Å². The molecule has 0 unspecified atom stereocenters. The lowest BCUT2D eigenvalue weighted by Crippen LogP contribution is -2.29. The van der Waals surface area contributed by atoms with Gasteiger partial charge in [0.2, 0.25) is 4.96 Å². The molecule has 2 aromatic heterocycles. The van der Waals surface area contributed by atoms with Crippen molar-refractivity contribution in [3.63, 3.8) is 0 Å². The maximum atomic E-state index is 12.3. The predicted octanol–water partition coefficient (Wildman–Crippen LogP) is 1.29. The average molecular weight is 282 g/mol. The van der Waals surface area contributed by atoms with Crippen LogP contribution in [0.25, 0.3) is 4.96 Å². The summed E-state index contributed by atoms with van der Waals surface area (Å²) in [6.45, 7) is 6.29. The van der Waals surface area contributed by atoms with E-state index >= 15 is 0 Å². The molecular weight excluding hydrogens is 264 g/mol. The third-order valence-corrected chi connectivity index (χ3v) is 4.13. The number of aliphatic hydroxyl groups is 1. The quantitative estimate of drug-likeness (QED) is 0.917. The Kier molecular flexibility index (Phi) is 3.86. The van der Waals surface area contributed by atoms with E-state index in [1.807, 2.05) is 25.2 Å². The van der Waals surface area contributed by atoms with Crippen LogP contribution in [0.4, 0.5) is 0 Å². The van der Waals surface area contributed by atoms with Crippen LogP contribution in [0.15, 0.2) is 0 Å². The van der Waals surface area contributed by atoms with E-state index in [1.54, 1.807) is 7.05 Å². The van der Waals surface area contributed by atoms with Crippen LogP contribution in [0.1, 0.15) is 41.0 Å². The Labute approximate surface area is 115 Å². The summed E-state index contributed by atoms with van der Waals surface area (Å²) in [5, 5.41) is 17.2. The third-order valence-electron chi connectivity index (χ3n) is 3.01. The van der Waals surface area contributed by atoms with Crippen LogP contribution in [0.2, 0.25) is 0 Å². The van der Waals surface area contributed by atoms with Gasteiger partial charge in [0.25, 0.3) is 5.91 Å². The fraction of sp³-hybridized carbons (Fsp3) is 0.583. The maximum absolute atomic E-state index is 12.3. The van der Waals surface area contributed by atoms with Crippen molar-refractivity contribution in [3.8, 4) is 0 Å². The molecule has 2 rings (SSSR count). The molecule has 0 fully saturated rings. The van der Waals surface area contributed by atoms with Crippen LogP contribution in [-0.4, -0.2) is 50.7 Å². The van der Waals surface area contributed by atoms with Gasteiger partial charge in [-0.1, -0.05) is 25.2 Å². The van der Waals surface area contributed by atoms with Gasteiger partial charge in [-0.3, -0.25) is 9.20 Å². The molecule has 2 aromatic rings. The summed E-state index contributed by atoms with van der Waals surface area (Å²) in [5.41, 5.74) is 0.864. The maximum Gasteiger partial charge on any atom is 0.265 e. The number of likely N-dealkylation sites (N-methyl/N-ethyl adjacent to an activating group) is 1. The van der Waals surface area contributed by atoms with Gasteiger partial charge >= 0.3 is 0 Å². The van der Waals surface area contributed by atoms with Gasteiger partial charge in [0, 0.05) is 25.2 Å². The molecule has 0 aliphatic heterocycles. The number of thiazole rings is 1. The number of hydrogen-bond acceptors (Lipinski definition) is 5. The van der Waals surface area contributed by atoms with E-state index in [2.05, 4.69) is 10.2 Å². The summed E-state index contributed by atoms with van der Waals surface area (Å²) >= 11 is 1.34. The van der Waals surface area contributed by atoms with E-state index in [4.69, 9.17) is 5.11 Å². The van der Waals surface area contributed by atoms with E-state index in [0.717, 1.165) is 16.5 Å². The van der Waals surface area contributed by atoms with Crippen molar-refractivity contribution in [2.45, 2.75) is 26.7 Å². The van der Waals surface area contributed by atoms with Gasteiger partial charge in [0.15, 0.2) is 0 Å². The van der Waals surface area contributed by atoms with Crippen molar-refractivity contribution in [3.05, 3.63) is 16.4 Å². The smallest absolute Gasteiger partial charge is 0.265 e. The largest absolute Gasteiger partial charge is 0.395 e. The van der Waals surface area contributed by atoms with Crippen molar-refractivity contribution in [2.75, 3.05) is 20.2 Å². The Morgan fingerprint density at radius 2 is 2.16 bits per heavy atom. The summed E-state index contributed by atoms with van der Waals surface area (Å²) in [5.74, 6) is 1.03. The second-order valence-electron chi connectivity index (χ2n) is 4.80. The molecule has 0 saturated heterocycles. The lowest BCUT2D eigenvalue weighted by Gasteiger charge is -2.14. The highest BCUT2D eigenvalue weighted by Gasteiger charge is 2.22. The third kappa shape index (κ3) is 2.35. The summed E-state index contributed by atoms with van der Waals surface area (Å²) in [4.78, 5) is 15.2. The monoisotopic (exact) mass is 282 g/mol. The van der Waals surface area contributed by atoms with Crippen LogP contribution >= 0.6 is 11.3 Å². The van der Waals surface area contributed by atoms with Crippen molar-refractivity contribution < 1.29 is 9.90 Å². The molecule has 104 valence electrons. The number of rotatable bonds is 4. The van der Waals surface area contributed by atoms with Gasteiger partial charge in [0.05, 0.1) is 6.61 Å². The number of hydrogen-bond donors (Lipinski definition) is 1. The van der Waals surface area contributed by atoms with Crippen molar-refractivity contribution in [2.24, 2.45) is 0 Å². The first kappa shape index (κ1) is 14.0. The van der Waals surface area contributed by atoms with Gasteiger partial charge < -0.3 is 10.0 Å². The number of carbonyl (C=O) groups excluding carboxylic acids is 1. The molecule has 0 radical (unpaired) electrons. The minimum atomic E-state index is -0.0863. The highest BCUT2D eigenvalue weighted by Crippen LogP contribution is 2.26. The fourth-order valence-corrected chi connectivity index (χ4v) is 2.99. The Bertz CT molecular complexity index is 602. The number of carbonyl (C=O) groups is 1. The van der Waals surface area contributed by atoms with E-state index in [-0.39, 0.29) is 18.4 Å². The molecule has 0 saturated carbocycles. The Balaban J connectivity index is 2.46. The first-order chi connectivity index (χ1) is 8.97. The Hall–Kier alpha value is -1.47. The Morgan fingerprint density at radius 3 is 2.74 bits per heavy atom. The van der Waals surface area contributed by atoms with Crippen molar-refractivity contribution in [1.82, 2.24) is 19.5 Å². The lowest BCUT2D eigenvalue weighted by molar-refractivity contribution is 0.0770. The molecule has 2 heterocycles. The first-order valence-corrected chi connectivity index (χ1v) is 6.99. The lowest BCUT2D eigenvalue weighted by atomic mass is 10.2. The number of fused-ring (bicyclic) bond motifs is 1. The minimum absolute atomic E-state index is 0.0391. The first-order valence-electron chi connectivity index (χ1n) is 6.18. The normalized spacial score (nSPS) is 11.5. The highest BCUT2D eigenvalue weighted by molar-refractivity contribution is 7.19. The van der Waals surface area contributed by atoms with Gasteiger partial charge in [0.1, 0.15) is 10.7 Å². The molecule has 0 spiro atoms. The van der Waals surface area contributed by atoms with Crippen LogP contribution in [0, 0.1) is 6.92 Å². The van der Waals surface area contributed by atoms with Gasteiger partial charge in [-0.25, -0.2) is 0 Å². The van der Waals surface area contributed by atoms with Crippen LogP contribution in [0.5, 0.6) is 0 Å². The number of amides is 1. The fourth-order valence-electron chi connectivity index (χ4n) is 1.93. The summed E-state index contributed by atoms with van der Waals surface area (Å²) < 4.78 is 1.94. The minimum Gasteiger partial charge on any atom is -0.395 e. The van der Waals surface area contributed by atoms with Gasteiger partial charge in [-0.2, -0.15) is 0 Å². The average Bonchev–Trinajstić information content (AvgIpc) is 2.89. The number of aromatic nitrogens is 3. The van der Waals surface area contributed by atoms with Crippen LogP contribution in [0.3, 0.4) is 0 Å². The van der Waals surface area contributed by atoms with E-state index in [0.29, 0.717) is 11.4 Å². The van der Waals surface area contributed by atoms with Crippen molar-refractivity contribution in [1.29, 1.82) is 0 Å². The zero-order chi connectivity index (χ0) is 14.2. The van der Waals surface area contributed by atoms with E-state index in [1.165, 1.54) is 16.2 Å². The number of aliphatic hydroxyl groups excluding tert-OH is 1. The molecule has 0 aliphatic rings. The van der Waals surface area contributed by atoms with E-state index < -0.39 is 0 Å². The SMILES string of the molecule is Cc1c(C(=O)N(C)CCO)sc2nnc(C(C)C)n12. The van der Waals surface area contributed by atoms with Gasteiger partial charge in [-0.05, 0) is 6.92 Å². The molecular formula is C12H18N4O2S. The zero-order valence-corrected chi connectivity index (χ0v) is 12.4. The highest BCUT2D eigenvalue weighted by atomic mass is 32.1. The number of aryl methyl sites for hydroxylation is 1. The molecule has 6 nitrogen and oxygen atoms in total. The number of nitrogens with zero attached hydrogens (tertiary/aromatic N) is 4. The molecule has 0 bridgehead atoms. The van der Waals surface area contributed by atoms with Crippen molar-refractivity contribution >= 4 is 22.2 Å². The zero-order valence-electron chi connectivity index (χ0n) is 11.5. The second-order valence-corrected chi connectivity index (χ2v) is 5.78. The summed E-state index contributed by atoms with van der Waals surface area (Å²) in [6, 6.07) is 0. The van der Waals surface area contributed by atoms with Crippen LogP contribution in [-0.2, 0) is 0 Å². The van der Waals surface area contributed by atoms with Crippen LogP contribution < -0.4 is 0 Å². The molecule has 0 aliphatic carbocycles. The molecule has 0 atom stereocenters. The summed E-state index contributed by atoms with van der Waals surface area (Å²) in [7, 11) is 1.68. The molecule has 7 heteroatoms. The Morgan fingerprint density at radius 1 is 1.47 bits per heavy atom. The molecule has 1 N–H and O–H groups in total. The predicted molar refractivity (Wildman–Crippen MR) is 73.7 cm³/mol. The summed E-state index contributed by atoms with van der Waals surface area (Å²) in [6.07, 6.45) is 0.